The molecule has 1 aliphatic heterocycles. The average Bonchev–Trinajstić information content (AvgIpc) is 2.46. The highest BCUT2D eigenvalue weighted by atomic mass is 16.5. The molecular formula is C15H20O3. The first-order valence-corrected chi connectivity index (χ1v) is 6.54. The van der Waals surface area contributed by atoms with Gasteiger partial charge in [-0.3, -0.25) is 4.79 Å². The van der Waals surface area contributed by atoms with Crippen LogP contribution < -0.4 is 0 Å². The fourth-order valence-electron chi connectivity index (χ4n) is 2.54. The average molecular weight is 248 g/mol. The fraction of sp³-hybridized carbons (Fsp3) is 0.533. The number of rotatable bonds is 5. The van der Waals surface area contributed by atoms with Gasteiger partial charge in [0.25, 0.3) is 0 Å². The Morgan fingerprint density at radius 1 is 1.28 bits per heavy atom. The molecule has 0 radical (unpaired) electrons. The van der Waals surface area contributed by atoms with E-state index in [2.05, 4.69) is 0 Å². The Bertz CT molecular complexity index is 380. The van der Waals surface area contributed by atoms with Crippen molar-refractivity contribution in [3.63, 3.8) is 0 Å². The predicted molar refractivity (Wildman–Crippen MR) is 69.7 cm³/mol. The lowest BCUT2D eigenvalue weighted by Crippen LogP contribution is -2.43. The highest BCUT2D eigenvalue weighted by Gasteiger charge is 2.40. The molecule has 1 aromatic carbocycles. The molecule has 18 heavy (non-hydrogen) atoms. The van der Waals surface area contributed by atoms with E-state index in [9.17, 15) is 4.79 Å². The maximum atomic E-state index is 12.5. The first-order chi connectivity index (χ1) is 8.79. The van der Waals surface area contributed by atoms with Gasteiger partial charge in [0, 0.05) is 19.8 Å². The van der Waals surface area contributed by atoms with Crippen LogP contribution in [0.25, 0.3) is 0 Å². The quantitative estimate of drug-likeness (QED) is 0.802. The number of hydrogen-bond donors (Lipinski definition) is 0. The van der Waals surface area contributed by atoms with Crippen LogP contribution in [0.4, 0.5) is 0 Å². The Labute approximate surface area is 108 Å². The van der Waals surface area contributed by atoms with Crippen LogP contribution in [-0.2, 0) is 19.7 Å². The first kappa shape index (κ1) is 13.2. The molecule has 1 aliphatic rings. The third-order valence-corrected chi connectivity index (χ3v) is 3.64. The highest BCUT2D eigenvalue weighted by molar-refractivity contribution is 5.91. The molecule has 0 amide bonds. The van der Waals surface area contributed by atoms with Crippen LogP contribution in [0.3, 0.4) is 0 Å². The standard InChI is InChI=1S/C15H20O3/c1-2-17-12-14(16)15(8-10-18-11-9-15)13-6-4-3-5-7-13/h3-7H,2,8-12H2,1H3. The van der Waals surface area contributed by atoms with Crippen molar-refractivity contribution < 1.29 is 14.3 Å². The van der Waals surface area contributed by atoms with Crippen molar-refractivity contribution in [2.45, 2.75) is 25.2 Å². The number of ketones is 1. The molecule has 1 heterocycles. The van der Waals surface area contributed by atoms with E-state index in [1.807, 2.05) is 37.3 Å². The molecule has 0 saturated carbocycles. The summed E-state index contributed by atoms with van der Waals surface area (Å²) in [7, 11) is 0. The molecule has 0 atom stereocenters. The summed E-state index contributed by atoms with van der Waals surface area (Å²) in [5, 5.41) is 0. The molecule has 0 aromatic heterocycles. The fourth-order valence-corrected chi connectivity index (χ4v) is 2.54. The van der Waals surface area contributed by atoms with Gasteiger partial charge in [-0.2, -0.15) is 0 Å². The summed E-state index contributed by atoms with van der Waals surface area (Å²) < 4.78 is 10.7. The van der Waals surface area contributed by atoms with Gasteiger partial charge in [-0.25, -0.2) is 0 Å². The van der Waals surface area contributed by atoms with Crippen molar-refractivity contribution >= 4 is 5.78 Å². The summed E-state index contributed by atoms with van der Waals surface area (Å²) in [6.07, 6.45) is 1.51. The zero-order valence-electron chi connectivity index (χ0n) is 10.9. The third kappa shape index (κ3) is 2.62. The number of carbonyl (C=O) groups is 1. The smallest absolute Gasteiger partial charge is 0.169 e. The molecule has 3 heteroatoms. The lowest BCUT2D eigenvalue weighted by atomic mass is 9.71. The van der Waals surface area contributed by atoms with Crippen molar-refractivity contribution in [3.8, 4) is 0 Å². The Morgan fingerprint density at radius 3 is 2.56 bits per heavy atom. The number of benzene rings is 1. The van der Waals surface area contributed by atoms with Crippen molar-refractivity contribution in [1.82, 2.24) is 0 Å². The molecule has 0 spiro atoms. The summed E-state index contributed by atoms with van der Waals surface area (Å²) in [6, 6.07) is 10.0. The molecule has 1 aromatic rings. The summed E-state index contributed by atoms with van der Waals surface area (Å²) in [6.45, 7) is 3.98. The molecule has 0 bridgehead atoms. The topological polar surface area (TPSA) is 35.5 Å². The minimum absolute atomic E-state index is 0.179. The van der Waals surface area contributed by atoms with Gasteiger partial charge in [0.15, 0.2) is 5.78 Å². The Hall–Kier alpha value is -1.19. The van der Waals surface area contributed by atoms with Crippen LogP contribution in [-0.4, -0.2) is 32.2 Å². The van der Waals surface area contributed by atoms with Gasteiger partial charge >= 0.3 is 0 Å². The molecule has 0 N–H and O–H groups in total. The summed E-state index contributed by atoms with van der Waals surface area (Å²) in [5.41, 5.74) is 0.687. The largest absolute Gasteiger partial charge is 0.381 e. The monoisotopic (exact) mass is 248 g/mol. The zero-order valence-corrected chi connectivity index (χ0v) is 10.9. The molecular weight excluding hydrogens is 228 g/mol. The maximum Gasteiger partial charge on any atom is 0.169 e. The lowest BCUT2D eigenvalue weighted by molar-refractivity contribution is -0.132. The molecule has 1 fully saturated rings. The predicted octanol–water partition coefficient (Wildman–Crippen LogP) is 2.34. The molecule has 3 nitrogen and oxygen atoms in total. The van der Waals surface area contributed by atoms with Crippen molar-refractivity contribution in [2.75, 3.05) is 26.4 Å². The van der Waals surface area contributed by atoms with E-state index in [0.717, 1.165) is 18.4 Å². The second-order valence-corrected chi connectivity index (χ2v) is 4.62. The van der Waals surface area contributed by atoms with Gasteiger partial charge in [-0.1, -0.05) is 30.3 Å². The summed E-state index contributed by atoms with van der Waals surface area (Å²) >= 11 is 0. The molecule has 1 saturated heterocycles. The van der Waals surface area contributed by atoms with E-state index in [-0.39, 0.29) is 12.4 Å². The van der Waals surface area contributed by atoms with Crippen LogP contribution in [0.5, 0.6) is 0 Å². The van der Waals surface area contributed by atoms with Gasteiger partial charge in [-0.05, 0) is 25.3 Å². The van der Waals surface area contributed by atoms with Crippen LogP contribution in [0.15, 0.2) is 30.3 Å². The number of Topliss-reactive ketones (excluding diaryl/α,β-unsaturated/α-hetero) is 1. The Balaban J connectivity index is 2.25. The first-order valence-electron chi connectivity index (χ1n) is 6.54. The van der Waals surface area contributed by atoms with E-state index in [4.69, 9.17) is 9.47 Å². The molecule has 0 unspecified atom stereocenters. The summed E-state index contributed by atoms with van der Waals surface area (Å²) in [5.74, 6) is 0.179. The van der Waals surface area contributed by atoms with Gasteiger partial charge in [-0.15, -0.1) is 0 Å². The van der Waals surface area contributed by atoms with Crippen LogP contribution in [0, 0.1) is 0 Å². The highest BCUT2D eigenvalue weighted by Crippen LogP contribution is 2.35. The van der Waals surface area contributed by atoms with Gasteiger partial charge in [0.05, 0.1) is 5.41 Å². The van der Waals surface area contributed by atoms with Crippen LogP contribution in [0.1, 0.15) is 25.3 Å². The van der Waals surface area contributed by atoms with Crippen molar-refractivity contribution in [2.24, 2.45) is 0 Å². The van der Waals surface area contributed by atoms with E-state index in [1.54, 1.807) is 0 Å². The van der Waals surface area contributed by atoms with E-state index in [0.29, 0.717) is 19.8 Å². The van der Waals surface area contributed by atoms with Crippen molar-refractivity contribution in [3.05, 3.63) is 35.9 Å². The van der Waals surface area contributed by atoms with E-state index in [1.165, 1.54) is 0 Å². The van der Waals surface area contributed by atoms with Gasteiger partial charge in [0.2, 0.25) is 0 Å². The minimum Gasteiger partial charge on any atom is -0.381 e. The number of hydrogen-bond acceptors (Lipinski definition) is 3. The van der Waals surface area contributed by atoms with Crippen molar-refractivity contribution in [1.29, 1.82) is 0 Å². The molecule has 2 rings (SSSR count). The van der Waals surface area contributed by atoms with E-state index < -0.39 is 5.41 Å². The minimum atomic E-state index is -0.408. The van der Waals surface area contributed by atoms with E-state index >= 15 is 0 Å². The molecule has 0 aliphatic carbocycles. The van der Waals surface area contributed by atoms with Crippen LogP contribution >= 0.6 is 0 Å². The normalized spacial score (nSPS) is 18.5. The molecule has 98 valence electrons. The SMILES string of the molecule is CCOCC(=O)C1(c2ccccc2)CCOCC1. The van der Waals surface area contributed by atoms with Gasteiger partial charge < -0.3 is 9.47 Å². The van der Waals surface area contributed by atoms with Gasteiger partial charge in [0.1, 0.15) is 6.61 Å². The van der Waals surface area contributed by atoms with Crippen LogP contribution in [0.2, 0.25) is 0 Å². The lowest BCUT2D eigenvalue weighted by Gasteiger charge is -2.36. The Morgan fingerprint density at radius 2 is 1.94 bits per heavy atom. The second kappa shape index (κ2) is 6.12. The Kier molecular flexibility index (Phi) is 4.50. The number of ether oxygens (including phenoxy) is 2. The maximum absolute atomic E-state index is 12.5. The number of carbonyl (C=O) groups excluding carboxylic acids is 1. The summed E-state index contributed by atoms with van der Waals surface area (Å²) in [4.78, 5) is 12.5. The third-order valence-electron chi connectivity index (χ3n) is 3.64. The second-order valence-electron chi connectivity index (χ2n) is 4.62. The zero-order chi connectivity index (χ0) is 12.8.